The van der Waals surface area contributed by atoms with Gasteiger partial charge in [0, 0.05) is 17.8 Å². The maximum Gasteiger partial charge on any atom is 0.293 e. The molecule has 2 heterocycles. The van der Waals surface area contributed by atoms with E-state index in [0.29, 0.717) is 23.1 Å². The zero-order valence-corrected chi connectivity index (χ0v) is 14.6. The van der Waals surface area contributed by atoms with Crippen molar-refractivity contribution in [3.63, 3.8) is 0 Å². The molecule has 1 amide bonds. The van der Waals surface area contributed by atoms with Crippen molar-refractivity contribution in [3.8, 4) is 5.69 Å². The molecule has 0 aliphatic heterocycles. The lowest BCUT2D eigenvalue weighted by molar-refractivity contribution is -0.121. The summed E-state index contributed by atoms with van der Waals surface area (Å²) in [6.45, 7) is 3.69. The van der Waals surface area contributed by atoms with E-state index in [1.165, 1.54) is 21.5 Å². The third-order valence-electron chi connectivity index (χ3n) is 4.48. The largest absolute Gasteiger partial charge is 0.351 e. The van der Waals surface area contributed by atoms with Gasteiger partial charge in [0.05, 0.1) is 17.6 Å². The summed E-state index contributed by atoms with van der Waals surface area (Å²) < 4.78 is 15.9. The molecule has 4 rings (SSSR count). The molecular weight excluding hydrogens is 349 g/mol. The molecule has 138 valence electrons. The van der Waals surface area contributed by atoms with Gasteiger partial charge in [0.2, 0.25) is 5.91 Å². The first-order valence-corrected chi connectivity index (χ1v) is 8.70. The van der Waals surface area contributed by atoms with Crippen molar-refractivity contribution in [1.82, 2.24) is 24.9 Å². The predicted molar refractivity (Wildman–Crippen MR) is 98.3 cm³/mol. The monoisotopic (exact) mass is 367 g/mol. The Morgan fingerprint density at radius 1 is 1.33 bits per heavy atom. The molecule has 1 aromatic carbocycles. The number of hydrogen-bond acceptors (Lipinski definition) is 4. The van der Waals surface area contributed by atoms with Gasteiger partial charge in [-0.25, -0.2) is 13.8 Å². The first-order chi connectivity index (χ1) is 13.1. The van der Waals surface area contributed by atoms with Gasteiger partial charge in [0.1, 0.15) is 17.9 Å². The average Bonchev–Trinajstić information content (AvgIpc) is 3.41. The second-order valence-corrected chi connectivity index (χ2v) is 6.51. The van der Waals surface area contributed by atoms with Gasteiger partial charge < -0.3 is 5.32 Å². The zero-order valence-electron chi connectivity index (χ0n) is 14.6. The van der Waals surface area contributed by atoms with E-state index in [1.54, 1.807) is 24.4 Å². The molecule has 1 aliphatic rings. The molecule has 2 aromatic heterocycles. The lowest BCUT2D eigenvalue weighted by atomic mass is 10.2. The summed E-state index contributed by atoms with van der Waals surface area (Å²) in [6, 6.07) is 5.74. The van der Waals surface area contributed by atoms with Gasteiger partial charge >= 0.3 is 0 Å². The molecule has 0 saturated heterocycles. The normalized spacial score (nSPS) is 13.7. The number of hydrogen-bond donors (Lipinski definition) is 1. The first kappa shape index (κ1) is 17.1. The third kappa shape index (κ3) is 3.25. The maximum atomic E-state index is 13.3. The van der Waals surface area contributed by atoms with Crippen LogP contribution in [-0.2, 0) is 11.3 Å². The number of aromatic nitrogens is 4. The number of fused-ring (bicyclic) bond motifs is 1. The van der Waals surface area contributed by atoms with Crippen LogP contribution in [0.25, 0.3) is 16.6 Å². The number of benzene rings is 1. The van der Waals surface area contributed by atoms with E-state index < -0.39 is 5.56 Å². The van der Waals surface area contributed by atoms with Crippen molar-refractivity contribution in [2.24, 2.45) is 0 Å². The van der Waals surface area contributed by atoms with Crippen LogP contribution in [-0.4, -0.2) is 32.0 Å². The van der Waals surface area contributed by atoms with Gasteiger partial charge in [0.25, 0.3) is 5.56 Å². The molecule has 0 radical (unpaired) electrons. The van der Waals surface area contributed by atoms with E-state index in [9.17, 15) is 14.0 Å². The molecule has 1 N–H and O–H groups in total. The molecule has 0 spiro atoms. The molecule has 1 saturated carbocycles. The summed E-state index contributed by atoms with van der Waals surface area (Å²) in [5.41, 5.74) is 1.27. The van der Waals surface area contributed by atoms with Crippen LogP contribution in [0.2, 0.25) is 0 Å². The van der Waals surface area contributed by atoms with Crippen molar-refractivity contribution in [1.29, 1.82) is 0 Å². The Morgan fingerprint density at radius 3 is 2.74 bits per heavy atom. The summed E-state index contributed by atoms with van der Waals surface area (Å²) in [5.74, 6) is -0.424. The lowest BCUT2D eigenvalue weighted by Gasteiger charge is -2.10. The zero-order chi connectivity index (χ0) is 19.0. The minimum absolute atomic E-state index is 0.184. The summed E-state index contributed by atoms with van der Waals surface area (Å²) in [7, 11) is 0. The second kappa shape index (κ2) is 6.79. The Hall–Kier alpha value is -3.29. The Kier molecular flexibility index (Phi) is 4.31. The number of nitrogens with zero attached hydrogens (tertiary/aromatic N) is 4. The molecule has 1 fully saturated rings. The highest BCUT2D eigenvalue weighted by Gasteiger charge is 2.30. The molecular formula is C19H18FN5O2. The SMILES string of the molecule is C=CCNC(=O)Cn1nc(C2CC2)c2cnn(-c3ccc(F)cc3)c2c1=O. The Balaban J connectivity index is 1.85. The molecule has 0 atom stereocenters. The Bertz CT molecular complexity index is 1080. The number of nitrogens with one attached hydrogen (secondary N) is 1. The number of rotatable bonds is 6. The van der Waals surface area contributed by atoms with Crippen molar-refractivity contribution in [3.05, 3.63) is 65.0 Å². The fourth-order valence-corrected chi connectivity index (χ4v) is 3.01. The van der Waals surface area contributed by atoms with Gasteiger partial charge in [-0.3, -0.25) is 9.59 Å². The fourth-order valence-electron chi connectivity index (χ4n) is 3.01. The highest BCUT2D eigenvalue weighted by molar-refractivity contribution is 5.83. The highest BCUT2D eigenvalue weighted by atomic mass is 19.1. The van der Waals surface area contributed by atoms with Gasteiger partial charge in [0.15, 0.2) is 0 Å². The Labute approximate surface area is 154 Å². The maximum absolute atomic E-state index is 13.3. The molecule has 7 nitrogen and oxygen atoms in total. The molecule has 8 heteroatoms. The standard InChI is InChI=1S/C19H18FN5O2/c1-2-9-21-16(26)11-24-19(27)18-15(17(23-24)12-3-4-12)10-22-25(18)14-7-5-13(20)6-8-14/h2,5-8,10,12H,1,3-4,9,11H2,(H,21,26). The van der Waals surface area contributed by atoms with Crippen molar-refractivity contribution in [2.45, 2.75) is 25.3 Å². The molecule has 27 heavy (non-hydrogen) atoms. The topological polar surface area (TPSA) is 81.8 Å². The molecule has 1 aliphatic carbocycles. The van der Waals surface area contributed by atoms with Crippen molar-refractivity contribution < 1.29 is 9.18 Å². The number of amides is 1. The van der Waals surface area contributed by atoms with Crippen LogP contribution in [0.1, 0.15) is 24.5 Å². The fraction of sp³-hybridized carbons (Fsp3) is 0.263. The van der Waals surface area contributed by atoms with Crippen LogP contribution in [0.5, 0.6) is 0 Å². The Morgan fingerprint density at radius 2 is 2.07 bits per heavy atom. The highest BCUT2D eigenvalue weighted by Crippen LogP contribution is 2.41. The summed E-state index contributed by atoms with van der Waals surface area (Å²) in [6.07, 6.45) is 5.16. The van der Waals surface area contributed by atoms with Gasteiger partial charge in [-0.1, -0.05) is 6.08 Å². The average molecular weight is 367 g/mol. The minimum Gasteiger partial charge on any atom is -0.351 e. The predicted octanol–water partition coefficient (Wildman–Crippen LogP) is 1.90. The van der Waals surface area contributed by atoms with Gasteiger partial charge in [-0.15, -0.1) is 6.58 Å². The van der Waals surface area contributed by atoms with E-state index in [2.05, 4.69) is 22.1 Å². The summed E-state index contributed by atoms with van der Waals surface area (Å²) in [5, 5.41) is 12.1. The van der Waals surface area contributed by atoms with E-state index in [4.69, 9.17) is 0 Å². The van der Waals surface area contributed by atoms with Crippen LogP contribution in [0.15, 0.2) is 47.9 Å². The van der Waals surface area contributed by atoms with Crippen molar-refractivity contribution in [2.75, 3.05) is 6.54 Å². The second-order valence-electron chi connectivity index (χ2n) is 6.51. The summed E-state index contributed by atoms with van der Waals surface area (Å²) in [4.78, 5) is 25.1. The number of carbonyl (C=O) groups excluding carboxylic acids is 1. The van der Waals surface area contributed by atoms with E-state index >= 15 is 0 Å². The van der Waals surface area contributed by atoms with Crippen LogP contribution >= 0.6 is 0 Å². The summed E-state index contributed by atoms with van der Waals surface area (Å²) >= 11 is 0. The van der Waals surface area contributed by atoms with Crippen LogP contribution < -0.4 is 10.9 Å². The lowest BCUT2D eigenvalue weighted by Crippen LogP contribution is -2.34. The molecule has 3 aromatic rings. The van der Waals surface area contributed by atoms with E-state index in [0.717, 1.165) is 18.5 Å². The van der Waals surface area contributed by atoms with Crippen LogP contribution in [0, 0.1) is 5.82 Å². The smallest absolute Gasteiger partial charge is 0.293 e. The van der Waals surface area contributed by atoms with Crippen LogP contribution in [0.4, 0.5) is 4.39 Å². The van der Waals surface area contributed by atoms with Crippen LogP contribution in [0.3, 0.4) is 0 Å². The molecule has 0 unspecified atom stereocenters. The molecule has 0 bridgehead atoms. The van der Waals surface area contributed by atoms with Crippen molar-refractivity contribution >= 4 is 16.8 Å². The van der Waals surface area contributed by atoms with E-state index in [1.807, 2.05) is 0 Å². The quantitative estimate of drug-likeness (QED) is 0.675. The van der Waals surface area contributed by atoms with Gasteiger partial charge in [-0.05, 0) is 37.1 Å². The van der Waals surface area contributed by atoms with Gasteiger partial charge in [-0.2, -0.15) is 10.2 Å². The number of halogens is 1. The third-order valence-corrected chi connectivity index (χ3v) is 4.48. The van der Waals surface area contributed by atoms with E-state index in [-0.39, 0.29) is 24.2 Å². The number of carbonyl (C=O) groups is 1. The first-order valence-electron chi connectivity index (χ1n) is 8.70. The minimum atomic E-state index is -0.412.